The van der Waals surface area contributed by atoms with Gasteiger partial charge in [0.1, 0.15) is 9.71 Å². The molecule has 3 aromatic heterocycles. The molecule has 1 fully saturated rings. The molecule has 1 saturated heterocycles. The molecular weight excluding hydrogens is 500 g/mol. The van der Waals surface area contributed by atoms with Crippen LogP contribution in [-0.2, 0) is 4.79 Å². The lowest BCUT2D eigenvalue weighted by Crippen LogP contribution is -2.49. The summed E-state index contributed by atoms with van der Waals surface area (Å²) in [5, 5.41) is 6.68. The number of hydrogen-bond donors (Lipinski definition) is 2. The molecule has 190 valence electrons. The number of benzene rings is 1. The van der Waals surface area contributed by atoms with Crippen molar-refractivity contribution in [2.75, 3.05) is 23.3 Å². The molecule has 2 N–H and O–H groups in total. The van der Waals surface area contributed by atoms with E-state index in [2.05, 4.69) is 27.2 Å². The molecule has 4 aromatic rings. The van der Waals surface area contributed by atoms with Crippen LogP contribution in [0.25, 0.3) is 21.3 Å². The van der Waals surface area contributed by atoms with Crippen LogP contribution in [-0.4, -0.2) is 51.8 Å². The Morgan fingerprint density at radius 3 is 2.82 bits per heavy atom. The maximum atomic E-state index is 13.4. The predicted octanol–water partition coefficient (Wildman–Crippen LogP) is 4.95. The molecule has 2 aliphatic heterocycles. The summed E-state index contributed by atoms with van der Waals surface area (Å²) in [6.45, 7) is 4.62. The second-order valence-electron chi connectivity index (χ2n) is 9.18. The smallest absolute Gasteiger partial charge is 0.331 e. The van der Waals surface area contributed by atoms with E-state index >= 15 is 0 Å². The third kappa shape index (κ3) is 4.18. The lowest BCUT2D eigenvalue weighted by Gasteiger charge is -2.32. The molecule has 4 amide bonds. The molecule has 5 heterocycles. The summed E-state index contributed by atoms with van der Waals surface area (Å²) in [6.07, 6.45) is 7.89. The molecule has 0 saturated carbocycles. The Morgan fingerprint density at radius 2 is 2.00 bits per heavy atom. The Morgan fingerprint density at radius 1 is 1.16 bits per heavy atom. The lowest BCUT2D eigenvalue weighted by atomic mass is 10.1. The van der Waals surface area contributed by atoms with Crippen molar-refractivity contribution in [3.8, 4) is 11.1 Å². The standard InChI is InChI=1S/C28H24N6O3S/c1-2-22(35)33-12-6-9-19(16-33)31-26(36)25-24-23-21(10-11-30-27(23)38-25)34(28(37)32-24)20-13-18(14-29-15-20)17-7-4-3-5-8-17/h2-5,7-8,10-11,13-15,19H,1,6,9,12,16H2,(H,31,36)(H,32,37)/t19-/m1/s1. The number of amides is 4. The largest absolute Gasteiger partial charge is 0.347 e. The Labute approximate surface area is 222 Å². The zero-order valence-electron chi connectivity index (χ0n) is 20.4. The molecule has 0 bridgehead atoms. The first-order valence-electron chi connectivity index (χ1n) is 12.3. The summed E-state index contributed by atoms with van der Waals surface area (Å²) >= 11 is 1.23. The van der Waals surface area contributed by atoms with Gasteiger partial charge < -0.3 is 15.5 Å². The molecule has 2 aliphatic rings. The van der Waals surface area contributed by atoms with E-state index in [1.54, 1.807) is 34.5 Å². The number of carbonyl (C=O) groups is 3. The van der Waals surface area contributed by atoms with Gasteiger partial charge in [0.2, 0.25) is 5.91 Å². The summed E-state index contributed by atoms with van der Waals surface area (Å²) < 4.78 is 0. The summed E-state index contributed by atoms with van der Waals surface area (Å²) in [5.41, 5.74) is 3.57. The van der Waals surface area contributed by atoms with Gasteiger partial charge in [-0.1, -0.05) is 36.9 Å². The summed E-state index contributed by atoms with van der Waals surface area (Å²) in [6, 6.07) is 12.9. The monoisotopic (exact) mass is 524 g/mol. The van der Waals surface area contributed by atoms with Crippen LogP contribution < -0.4 is 15.5 Å². The molecule has 38 heavy (non-hydrogen) atoms. The van der Waals surface area contributed by atoms with Crippen molar-refractivity contribution in [2.24, 2.45) is 0 Å². The molecule has 0 aliphatic carbocycles. The highest BCUT2D eigenvalue weighted by Crippen LogP contribution is 2.45. The van der Waals surface area contributed by atoms with Crippen LogP contribution in [0.4, 0.5) is 21.9 Å². The van der Waals surface area contributed by atoms with Crippen LogP contribution in [0.2, 0.25) is 0 Å². The van der Waals surface area contributed by atoms with Gasteiger partial charge in [0.25, 0.3) is 5.91 Å². The number of aromatic nitrogens is 2. The van der Waals surface area contributed by atoms with Crippen LogP contribution >= 0.6 is 11.3 Å². The van der Waals surface area contributed by atoms with Crippen molar-refractivity contribution in [1.29, 1.82) is 0 Å². The second-order valence-corrected chi connectivity index (χ2v) is 10.2. The van der Waals surface area contributed by atoms with Crippen molar-refractivity contribution in [3.63, 3.8) is 0 Å². The number of rotatable bonds is 5. The molecule has 9 nitrogen and oxygen atoms in total. The van der Waals surface area contributed by atoms with E-state index in [-0.39, 0.29) is 23.9 Å². The van der Waals surface area contributed by atoms with E-state index in [4.69, 9.17) is 0 Å². The van der Waals surface area contributed by atoms with Gasteiger partial charge in [-0.3, -0.25) is 19.5 Å². The summed E-state index contributed by atoms with van der Waals surface area (Å²) in [5.74, 6) is -0.443. The minimum atomic E-state index is -0.384. The Kier molecular flexibility index (Phi) is 6.09. The highest BCUT2D eigenvalue weighted by molar-refractivity contribution is 7.21. The van der Waals surface area contributed by atoms with Crippen molar-refractivity contribution in [1.82, 2.24) is 20.2 Å². The van der Waals surface area contributed by atoms with Crippen LogP contribution in [0.15, 0.2) is 73.7 Å². The highest BCUT2D eigenvalue weighted by Gasteiger charge is 2.34. The fraction of sp³-hybridized carbons (Fsp3) is 0.179. The zero-order valence-corrected chi connectivity index (χ0v) is 21.2. The molecule has 1 atom stereocenters. The normalized spacial score (nSPS) is 16.7. The first kappa shape index (κ1) is 23.8. The predicted molar refractivity (Wildman–Crippen MR) is 148 cm³/mol. The quantitative estimate of drug-likeness (QED) is 0.359. The van der Waals surface area contributed by atoms with Gasteiger partial charge in [-0.25, -0.2) is 9.78 Å². The third-order valence-corrected chi connectivity index (χ3v) is 7.88. The molecular formula is C28H24N6O3S. The lowest BCUT2D eigenvalue weighted by molar-refractivity contribution is -0.127. The van der Waals surface area contributed by atoms with Gasteiger partial charge in [0.15, 0.2) is 0 Å². The molecule has 10 heteroatoms. The van der Waals surface area contributed by atoms with Crippen LogP contribution in [0.5, 0.6) is 0 Å². The number of nitrogens with one attached hydrogen (secondary N) is 2. The second kappa shape index (κ2) is 9.71. The van der Waals surface area contributed by atoms with Gasteiger partial charge in [-0.2, -0.15) is 0 Å². The van der Waals surface area contributed by atoms with Gasteiger partial charge >= 0.3 is 6.03 Å². The minimum absolute atomic E-state index is 0.145. The number of urea groups is 1. The summed E-state index contributed by atoms with van der Waals surface area (Å²) in [7, 11) is 0. The fourth-order valence-electron chi connectivity index (χ4n) is 5.01. The number of hydrogen-bond acceptors (Lipinski definition) is 6. The van der Waals surface area contributed by atoms with E-state index in [1.807, 2.05) is 36.4 Å². The Bertz CT molecular complexity index is 1580. The van der Waals surface area contributed by atoms with Crippen molar-refractivity contribution < 1.29 is 14.4 Å². The maximum Gasteiger partial charge on any atom is 0.331 e. The van der Waals surface area contributed by atoms with E-state index < -0.39 is 0 Å². The Hall–Kier alpha value is -4.57. The number of pyridine rings is 2. The molecule has 1 aromatic carbocycles. The van der Waals surface area contributed by atoms with Gasteiger partial charge in [0.05, 0.1) is 28.6 Å². The first-order valence-corrected chi connectivity index (χ1v) is 13.1. The number of likely N-dealkylation sites (tertiary alicyclic amines) is 1. The number of thiophene rings is 1. The van der Waals surface area contributed by atoms with Crippen molar-refractivity contribution in [3.05, 3.63) is 78.6 Å². The Balaban J connectivity index is 1.33. The topological polar surface area (TPSA) is 108 Å². The molecule has 0 spiro atoms. The van der Waals surface area contributed by atoms with E-state index in [1.165, 1.54) is 17.4 Å². The maximum absolute atomic E-state index is 13.4. The average Bonchev–Trinajstić information content (AvgIpc) is 3.33. The average molecular weight is 525 g/mol. The van der Waals surface area contributed by atoms with Gasteiger partial charge in [-0.05, 0) is 36.6 Å². The fourth-order valence-corrected chi connectivity index (χ4v) is 6.04. The molecule has 0 radical (unpaired) electrons. The van der Waals surface area contributed by atoms with Gasteiger partial charge in [0, 0.05) is 37.1 Å². The minimum Gasteiger partial charge on any atom is -0.347 e. The SMILES string of the molecule is C=CC(=O)N1CCC[C@@H](NC(=O)c2sc3nccc4c3c2NC(=O)N4c2cncc(-c3ccccc3)c2)C1. The summed E-state index contributed by atoms with van der Waals surface area (Å²) in [4.78, 5) is 52.0. The third-order valence-electron chi connectivity index (χ3n) is 6.78. The first-order chi connectivity index (χ1) is 18.5. The van der Waals surface area contributed by atoms with Crippen LogP contribution in [0.1, 0.15) is 22.5 Å². The van der Waals surface area contributed by atoms with Gasteiger partial charge in [-0.15, -0.1) is 11.3 Å². The van der Waals surface area contributed by atoms with E-state index in [9.17, 15) is 14.4 Å². The van der Waals surface area contributed by atoms with E-state index in [0.717, 1.165) is 24.0 Å². The zero-order chi connectivity index (χ0) is 26.2. The highest BCUT2D eigenvalue weighted by atomic mass is 32.1. The number of carbonyl (C=O) groups excluding carboxylic acids is 3. The molecule has 0 unspecified atom stereocenters. The van der Waals surface area contributed by atoms with Crippen molar-refractivity contribution in [2.45, 2.75) is 18.9 Å². The van der Waals surface area contributed by atoms with Crippen molar-refractivity contribution >= 4 is 56.5 Å². The van der Waals surface area contributed by atoms with Crippen LogP contribution in [0.3, 0.4) is 0 Å². The number of piperidine rings is 1. The van der Waals surface area contributed by atoms with Crippen LogP contribution in [0, 0.1) is 0 Å². The number of nitrogens with zero attached hydrogens (tertiary/aromatic N) is 4. The molecule has 6 rings (SSSR count). The number of anilines is 3. The van der Waals surface area contributed by atoms with E-state index in [0.29, 0.717) is 45.2 Å².